The Morgan fingerprint density at radius 3 is 2.85 bits per heavy atom. The number of rotatable bonds is 5. The number of hydrogen-bond donors (Lipinski definition) is 0. The van der Waals surface area contributed by atoms with Gasteiger partial charge in [-0.1, -0.05) is 23.9 Å². The first-order valence-corrected chi connectivity index (χ1v) is 10.3. The molecule has 0 spiro atoms. The van der Waals surface area contributed by atoms with Crippen molar-refractivity contribution in [1.82, 2.24) is 4.90 Å². The Morgan fingerprint density at radius 1 is 1.35 bits per heavy atom. The van der Waals surface area contributed by atoms with Crippen molar-refractivity contribution in [2.45, 2.75) is 56.9 Å². The van der Waals surface area contributed by atoms with E-state index in [0.29, 0.717) is 31.4 Å². The van der Waals surface area contributed by atoms with Crippen LogP contribution in [0.25, 0.3) is 0 Å². The van der Waals surface area contributed by atoms with Gasteiger partial charge in [-0.2, -0.15) is 0 Å². The predicted octanol–water partition coefficient (Wildman–Crippen LogP) is 3.89. The average Bonchev–Trinajstić information content (AvgIpc) is 3.37. The molecule has 4 aliphatic rings. The van der Waals surface area contributed by atoms with Gasteiger partial charge in [-0.05, 0) is 36.2 Å². The average molecular weight is 377 g/mol. The zero-order chi connectivity index (χ0) is 18.3. The van der Waals surface area contributed by atoms with Crippen molar-refractivity contribution >= 4 is 23.5 Å². The molecule has 4 rings (SSSR count). The normalized spacial score (nSPS) is 27.5. The summed E-state index contributed by atoms with van der Waals surface area (Å²) in [5.74, 6) is -0.129. The summed E-state index contributed by atoms with van der Waals surface area (Å²) < 4.78 is 19.9. The minimum atomic E-state index is -0.467. The maximum Gasteiger partial charge on any atom is 0.303 e. The molecule has 4 nitrogen and oxygen atoms in total. The molecule has 2 heterocycles. The first kappa shape index (κ1) is 18.0. The SMILES string of the molecule is CC(=O)OC1CC2=C(CCN(C(C(=O)C3CC3)C3=C(F)CCC=C3)C2)S1. The van der Waals surface area contributed by atoms with Gasteiger partial charge in [0.1, 0.15) is 5.83 Å². The molecule has 2 aliphatic heterocycles. The summed E-state index contributed by atoms with van der Waals surface area (Å²) in [6.45, 7) is 2.83. The molecule has 2 aliphatic carbocycles. The molecule has 0 aromatic carbocycles. The van der Waals surface area contributed by atoms with Gasteiger partial charge >= 0.3 is 5.97 Å². The van der Waals surface area contributed by atoms with Gasteiger partial charge in [0.25, 0.3) is 0 Å². The smallest absolute Gasteiger partial charge is 0.303 e. The highest BCUT2D eigenvalue weighted by Crippen LogP contribution is 2.44. The highest BCUT2D eigenvalue weighted by molar-refractivity contribution is 8.03. The Bertz CT molecular complexity index is 723. The Morgan fingerprint density at radius 2 is 2.15 bits per heavy atom. The maximum atomic E-state index is 14.5. The van der Waals surface area contributed by atoms with Crippen molar-refractivity contribution in [2.75, 3.05) is 13.1 Å². The molecule has 1 saturated carbocycles. The van der Waals surface area contributed by atoms with Crippen LogP contribution >= 0.6 is 11.8 Å². The number of thioether (sulfide) groups is 1. The fourth-order valence-corrected chi connectivity index (χ4v) is 5.35. The second-order valence-corrected chi connectivity index (χ2v) is 8.74. The molecule has 6 heteroatoms. The van der Waals surface area contributed by atoms with Crippen LogP contribution in [-0.2, 0) is 14.3 Å². The van der Waals surface area contributed by atoms with Crippen LogP contribution in [0, 0.1) is 5.92 Å². The van der Waals surface area contributed by atoms with Crippen LogP contribution in [0.2, 0.25) is 0 Å². The Labute approximate surface area is 157 Å². The Hall–Kier alpha value is -1.40. The highest BCUT2D eigenvalue weighted by atomic mass is 32.2. The number of ether oxygens (including phenoxy) is 1. The fraction of sp³-hybridized carbons (Fsp3) is 0.600. The zero-order valence-corrected chi connectivity index (χ0v) is 15.8. The lowest BCUT2D eigenvalue weighted by molar-refractivity contribution is -0.142. The summed E-state index contributed by atoms with van der Waals surface area (Å²) in [7, 11) is 0. The van der Waals surface area contributed by atoms with Gasteiger partial charge in [0, 0.05) is 44.3 Å². The molecule has 0 amide bonds. The van der Waals surface area contributed by atoms with E-state index in [9.17, 15) is 14.0 Å². The topological polar surface area (TPSA) is 46.6 Å². The summed E-state index contributed by atoms with van der Waals surface area (Å²) >= 11 is 1.62. The minimum absolute atomic E-state index is 0.0951. The number of halogens is 1. The van der Waals surface area contributed by atoms with E-state index in [2.05, 4.69) is 4.90 Å². The van der Waals surface area contributed by atoms with E-state index < -0.39 is 6.04 Å². The van der Waals surface area contributed by atoms with Gasteiger partial charge in [0.05, 0.1) is 6.04 Å². The van der Waals surface area contributed by atoms with Crippen LogP contribution in [0.5, 0.6) is 0 Å². The fourth-order valence-electron chi connectivity index (χ4n) is 4.04. The molecule has 2 atom stereocenters. The largest absolute Gasteiger partial charge is 0.451 e. The lowest BCUT2D eigenvalue weighted by Gasteiger charge is -2.35. The number of carbonyl (C=O) groups excluding carboxylic acids is 2. The van der Waals surface area contributed by atoms with Crippen LogP contribution in [0.1, 0.15) is 45.4 Å². The summed E-state index contributed by atoms with van der Waals surface area (Å²) in [5.41, 5.74) is 1.65. The van der Waals surface area contributed by atoms with E-state index >= 15 is 0 Å². The number of ketones is 1. The molecule has 2 unspecified atom stereocenters. The van der Waals surface area contributed by atoms with E-state index in [-0.39, 0.29) is 28.9 Å². The summed E-state index contributed by atoms with van der Waals surface area (Å²) in [6.07, 6.45) is 8.30. The van der Waals surface area contributed by atoms with Crippen molar-refractivity contribution < 1.29 is 18.7 Å². The summed E-state index contributed by atoms with van der Waals surface area (Å²) in [4.78, 5) is 27.6. The lowest BCUT2D eigenvalue weighted by atomic mass is 9.91. The van der Waals surface area contributed by atoms with E-state index in [1.165, 1.54) is 17.4 Å². The molecule has 1 fully saturated rings. The molecule has 0 N–H and O–H groups in total. The first-order chi connectivity index (χ1) is 12.5. The van der Waals surface area contributed by atoms with Crippen molar-refractivity contribution in [3.05, 3.63) is 34.0 Å². The third-order valence-electron chi connectivity index (χ3n) is 5.45. The lowest BCUT2D eigenvalue weighted by Crippen LogP contribution is -2.46. The molecule has 0 radical (unpaired) electrons. The Kier molecular flexibility index (Phi) is 5.06. The zero-order valence-electron chi connectivity index (χ0n) is 15.0. The molecule has 26 heavy (non-hydrogen) atoms. The number of allylic oxidation sites excluding steroid dienone is 2. The van der Waals surface area contributed by atoms with Gasteiger partial charge in [0.15, 0.2) is 11.2 Å². The molecule has 140 valence electrons. The number of esters is 1. The van der Waals surface area contributed by atoms with Crippen LogP contribution in [0.15, 0.2) is 34.0 Å². The van der Waals surface area contributed by atoms with Crippen molar-refractivity contribution in [3.8, 4) is 0 Å². The van der Waals surface area contributed by atoms with Crippen LogP contribution in [0.3, 0.4) is 0 Å². The predicted molar refractivity (Wildman–Crippen MR) is 99.0 cm³/mol. The number of nitrogens with zero attached hydrogens (tertiary/aromatic N) is 1. The number of hydrogen-bond acceptors (Lipinski definition) is 5. The minimum Gasteiger partial charge on any atom is -0.451 e. The van der Waals surface area contributed by atoms with Crippen LogP contribution in [0.4, 0.5) is 4.39 Å². The van der Waals surface area contributed by atoms with E-state index in [1.54, 1.807) is 11.8 Å². The monoisotopic (exact) mass is 377 g/mol. The highest BCUT2D eigenvalue weighted by Gasteiger charge is 2.42. The molecule has 0 saturated heterocycles. The standard InChI is InChI=1S/C20H24FNO3S/c1-12(23)25-18-10-14-11-22(9-8-17(14)26-18)19(20(24)13-6-7-13)15-4-2-3-5-16(15)21/h2,4,13,18-19H,3,5-11H2,1H3. The quantitative estimate of drug-likeness (QED) is 0.680. The van der Waals surface area contributed by atoms with Gasteiger partial charge < -0.3 is 4.74 Å². The van der Waals surface area contributed by atoms with Crippen molar-refractivity contribution in [3.63, 3.8) is 0 Å². The number of carbonyl (C=O) groups is 2. The summed E-state index contributed by atoms with van der Waals surface area (Å²) in [5, 5.41) is 0. The van der Waals surface area contributed by atoms with E-state index in [4.69, 9.17) is 4.74 Å². The third kappa shape index (κ3) is 3.67. The van der Waals surface area contributed by atoms with E-state index in [0.717, 1.165) is 25.8 Å². The third-order valence-corrected chi connectivity index (χ3v) is 6.75. The molecular formula is C20H24FNO3S. The van der Waals surface area contributed by atoms with Gasteiger partial charge in [0.2, 0.25) is 0 Å². The second kappa shape index (κ2) is 7.31. The molecular weight excluding hydrogens is 353 g/mol. The molecule has 0 bridgehead atoms. The summed E-state index contributed by atoms with van der Waals surface area (Å²) in [6, 6.07) is -0.467. The van der Waals surface area contributed by atoms with E-state index in [1.807, 2.05) is 12.2 Å². The van der Waals surface area contributed by atoms with Gasteiger partial charge in [-0.15, -0.1) is 0 Å². The van der Waals surface area contributed by atoms with Gasteiger partial charge in [-0.25, -0.2) is 4.39 Å². The second-order valence-electron chi connectivity index (χ2n) is 7.49. The maximum absolute atomic E-state index is 14.5. The molecule has 0 aromatic heterocycles. The Balaban J connectivity index is 1.53. The first-order valence-electron chi connectivity index (χ1n) is 9.40. The van der Waals surface area contributed by atoms with Crippen LogP contribution < -0.4 is 0 Å². The molecule has 0 aromatic rings. The van der Waals surface area contributed by atoms with Crippen molar-refractivity contribution in [1.29, 1.82) is 0 Å². The van der Waals surface area contributed by atoms with Crippen molar-refractivity contribution in [2.24, 2.45) is 5.92 Å². The van der Waals surface area contributed by atoms with Crippen LogP contribution in [-0.4, -0.2) is 41.2 Å². The number of Topliss-reactive ketones (excluding diaryl/α,β-unsaturated/α-hetero) is 1. The van der Waals surface area contributed by atoms with Gasteiger partial charge in [-0.3, -0.25) is 14.5 Å².